The Morgan fingerprint density at radius 2 is 1.69 bits per heavy atom. The average molecular weight is 604 g/mol. The fourth-order valence-electron chi connectivity index (χ4n) is 3.59. The number of ether oxygens (including phenoxy) is 1. The normalized spacial score (nSPS) is 11.5. The average Bonchev–Trinajstić information content (AvgIpc) is 3.29. The number of aromatic amines is 1. The smallest absolute Gasteiger partial charge is 0.417 e. The summed E-state index contributed by atoms with van der Waals surface area (Å²) in [6.07, 6.45) is -3.00. The quantitative estimate of drug-likeness (QED) is 0.170. The van der Waals surface area contributed by atoms with Crippen molar-refractivity contribution >= 4 is 44.4 Å². The zero-order valence-corrected chi connectivity index (χ0v) is 23.1. The number of hydrogen-bond donors (Lipinski definition) is 4. The molecule has 0 aliphatic heterocycles. The zero-order valence-electron chi connectivity index (χ0n) is 22.3. The van der Waals surface area contributed by atoms with E-state index in [1.54, 1.807) is 37.3 Å². The minimum Gasteiger partial charge on any atom is -0.497 e. The fraction of sp³-hybridized carbons (Fsp3) is 0.148. The lowest BCUT2D eigenvalue weighted by Gasteiger charge is -2.14. The molecule has 0 fully saturated rings. The van der Waals surface area contributed by atoms with E-state index in [4.69, 9.17) is 13.7 Å². The molecule has 0 saturated heterocycles. The summed E-state index contributed by atoms with van der Waals surface area (Å²) in [5.74, 6) is 0.00691. The van der Waals surface area contributed by atoms with Crippen molar-refractivity contribution in [3.05, 3.63) is 94.1 Å². The minimum absolute atomic E-state index is 0.0465. The number of benzene rings is 3. The van der Waals surface area contributed by atoms with E-state index in [1.807, 2.05) is 6.92 Å². The van der Waals surface area contributed by atoms with Crippen LogP contribution in [0.15, 0.2) is 81.0 Å². The Balaban J connectivity index is 0.000000310. The van der Waals surface area contributed by atoms with Gasteiger partial charge < -0.3 is 19.8 Å². The largest absolute Gasteiger partial charge is 0.497 e. The van der Waals surface area contributed by atoms with Gasteiger partial charge in [0.15, 0.2) is 5.58 Å². The second kappa shape index (κ2) is 11.9. The van der Waals surface area contributed by atoms with Crippen LogP contribution >= 0.6 is 0 Å². The first kappa shape index (κ1) is 30.1. The van der Waals surface area contributed by atoms with E-state index in [0.717, 1.165) is 17.7 Å². The number of nitrogens with zero attached hydrogens (tertiary/aromatic N) is 2. The predicted octanol–water partition coefficient (Wildman–Crippen LogP) is 5.98. The van der Waals surface area contributed by atoms with E-state index < -0.39 is 27.6 Å². The molecule has 5 rings (SSSR count). The maximum absolute atomic E-state index is 13.1. The van der Waals surface area contributed by atoms with Crippen LogP contribution in [0, 0.1) is 13.8 Å². The first-order valence-electron chi connectivity index (χ1n) is 12.0. The number of oxazole rings is 1. The Kier molecular flexibility index (Phi) is 8.54. The molecule has 2 aromatic heterocycles. The summed E-state index contributed by atoms with van der Waals surface area (Å²) in [6, 6.07) is 14.3. The number of anilines is 4. The SMILES string of the molecule is COc1cc(Nc2ncc(C)c(Nc3ccc4oc(=O)[nH]c4c3)n2)cc(C(F)(F)F)c1.Cc1ccc(S(=O)(=O)O)cc1. The highest BCUT2D eigenvalue weighted by Gasteiger charge is 2.31. The van der Waals surface area contributed by atoms with Gasteiger partial charge >= 0.3 is 11.9 Å². The number of methoxy groups -OCH3 is 1. The first-order valence-corrected chi connectivity index (χ1v) is 13.5. The van der Waals surface area contributed by atoms with Gasteiger partial charge in [-0.1, -0.05) is 17.7 Å². The predicted molar refractivity (Wildman–Crippen MR) is 149 cm³/mol. The van der Waals surface area contributed by atoms with Crippen LogP contribution in [0.3, 0.4) is 0 Å². The Labute approximate surface area is 237 Å². The number of H-pyrrole nitrogens is 1. The van der Waals surface area contributed by atoms with Crippen molar-refractivity contribution in [2.24, 2.45) is 0 Å². The van der Waals surface area contributed by atoms with Crippen LogP contribution in [0.5, 0.6) is 5.75 Å². The molecule has 0 aliphatic rings. The number of aryl methyl sites for hydroxylation is 2. The van der Waals surface area contributed by atoms with Crippen molar-refractivity contribution in [2.75, 3.05) is 17.7 Å². The second-order valence-corrected chi connectivity index (χ2v) is 10.4. The maximum atomic E-state index is 13.1. The number of alkyl halides is 3. The van der Waals surface area contributed by atoms with Gasteiger partial charge in [-0.15, -0.1) is 0 Å². The Bertz CT molecular complexity index is 1890. The van der Waals surface area contributed by atoms with E-state index in [9.17, 15) is 26.4 Å². The van der Waals surface area contributed by atoms with Gasteiger partial charge in [-0.3, -0.25) is 9.54 Å². The molecule has 0 spiro atoms. The number of nitrogens with one attached hydrogen (secondary N) is 3. The summed E-state index contributed by atoms with van der Waals surface area (Å²) in [6.45, 7) is 3.62. The number of hydrogen-bond acceptors (Lipinski definition) is 9. The molecule has 42 heavy (non-hydrogen) atoms. The van der Waals surface area contributed by atoms with Gasteiger partial charge in [-0.2, -0.15) is 26.6 Å². The highest BCUT2D eigenvalue weighted by Crippen LogP contribution is 2.35. The molecule has 2 heterocycles. The highest BCUT2D eigenvalue weighted by atomic mass is 32.2. The van der Waals surface area contributed by atoms with E-state index >= 15 is 0 Å². The number of halogens is 3. The van der Waals surface area contributed by atoms with E-state index in [0.29, 0.717) is 28.2 Å². The van der Waals surface area contributed by atoms with Gasteiger partial charge in [0, 0.05) is 29.2 Å². The molecule has 0 saturated carbocycles. The lowest BCUT2D eigenvalue weighted by atomic mass is 10.2. The third kappa shape index (κ3) is 7.64. The molecule has 3 aromatic carbocycles. The van der Waals surface area contributed by atoms with Gasteiger partial charge in [-0.25, -0.2) is 9.78 Å². The second-order valence-electron chi connectivity index (χ2n) is 8.94. The van der Waals surface area contributed by atoms with Crippen LogP contribution in [0.2, 0.25) is 0 Å². The van der Waals surface area contributed by atoms with Gasteiger partial charge in [-0.05, 0) is 56.3 Å². The van der Waals surface area contributed by atoms with Crippen molar-refractivity contribution < 1.29 is 35.3 Å². The summed E-state index contributed by atoms with van der Waals surface area (Å²) in [5.41, 5.74) is 2.47. The molecule has 0 radical (unpaired) electrons. The summed E-state index contributed by atoms with van der Waals surface area (Å²) in [7, 11) is -2.73. The number of fused-ring (bicyclic) bond motifs is 1. The monoisotopic (exact) mass is 603 g/mol. The summed E-state index contributed by atoms with van der Waals surface area (Å²) in [4.78, 5) is 22.3. The molecular formula is C27H24F3N5O6S. The van der Waals surface area contributed by atoms with Crippen LogP contribution in [0.25, 0.3) is 11.1 Å². The van der Waals surface area contributed by atoms with Gasteiger partial charge in [0.25, 0.3) is 10.1 Å². The Morgan fingerprint density at radius 1 is 0.976 bits per heavy atom. The van der Waals surface area contributed by atoms with Gasteiger partial charge in [0.05, 0.1) is 23.1 Å². The lowest BCUT2D eigenvalue weighted by Crippen LogP contribution is -2.07. The Hall–Kier alpha value is -4.89. The van der Waals surface area contributed by atoms with Crippen molar-refractivity contribution in [3.63, 3.8) is 0 Å². The first-order chi connectivity index (χ1) is 19.7. The van der Waals surface area contributed by atoms with E-state index in [1.165, 1.54) is 31.5 Å². The van der Waals surface area contributed by atoms with E-state index in [-0.39, 0.29) is 22.3 Å². The van der Waals surface area contributed by atoms with Crippen LogP contribution < -0.4 is 21.1 Å². The molecule has 0 aliphatic carbocycles. The molecule has 0 bridgehead atoms. The fourth-order valence-corrected chi connectivity index (χ4v) is 4.07. The van der Waals surface area contributed by atoms with Crippen LogP contribution in [0.4, 0.5) is 36.3 Å². The molecule has 0 amide bonds. The summed E-state index contributed by atoms with van der Waals surface area (Å²) < 4.78 is 78.9. The zero-order chi connectivity index (χ0) is 30.7. The van der Waals surface area contributed by atoms with Crippen molar-refractivity contribution in [2.45, 2.75) is 24.9 Å². The summed E-state index contributed by atoms with van der Waals surface area (Å²) in [5, 5.41) is 5.87. The number of aromatic nitrogens is 3. The topological polar surface area (TPSA) is 159 Å². The molecule has 11 nitrogen and oxygen atoms in total. The molecule has 4 N–H and O–H groups in total. The minimum atomic E-state index is -4.53. The van der Waals surface area contributed by atoms with Crippen LogP contribution in [-0.4, -0.2) is 35.0 Å². The Morgan fingerprint density at radius 3 is 2.33 bits per heavy atom. The standard InChI is InChI=1S/C20H16F3N5O3.C7H8O3S/c1-10-9-24-18(26-13-5-11(20(21,22)23)6-14(7-13)30-2)28-17(10)25-12-3-4-16-15(8-12)27-19(29)31-16;1-6-2-4-7(5-3-6)11(8,9)10/h3-9H,1-2H3,(H,27,29)(H2,24,25,26,28);2-5H,1H3,(H,8,9,10). The van der Waals surface area contributed by atoms with Crippen LogP contribution in [0.1, 0.15) is 16.7 Å². The van der Waals surface area contributed by atoms with E-state index in [2.05, 4.69) is 25.6 Å². The van der Waals surface area contributed by atoms with Crippen LogP contribution in [-0.2, 0) is 16.3 Å². The van der Waals surface area contributed by atoms with Gasteiger partial charge in [0.2, 0.25) is 5.95 Å². The molecule has 5 aromatic rings. The molecule has 220 valence electrons. The third-order valence-corrected chi connectivity index (χ3v) is 6.57. The molecule has 0 unspecified atom stereocenters. The highest BCUT2D eigenvalue weighted by molar-refractivity contribution is 7.85. The molecule has 0 atom stereocenters. The number of rotatable bonds is 6. The third-order valence-electron chi connectivity index (χ3n) is 5.70. The van der Waals surface area contributed by atoms with Crippen molar-refractivity contribution in [3.8, 4) is 5.75 Å². The molecular weight excluding hydrogens is 579 g/mol. The van der Waals surface area contributed by atoms with Crippen molar-refractivity contribution in [1.82, 2.24) is 15.0 Å². The van der Waals surface area contributed by atoms with Crippen molar-refractivity contribution in [1.29, 1.82) is 0 Å². The molecule has 15 heteroatoms. The lowest BCUT2D eigenvalue weighted by molar-refractivity contribution is -0.137. The summed E-state index contributed by atoms with van der Waals surface area (Å²) >= 11 is 0. The maximum Gasteiger partial charge on any atom is 0.417 e. The van der Waals surface area contributed by atoms with Gasteiger partial charge in [0.1, 0.15) is 11.6 Å².